The van der Waals surface area contributed by atoms with Gasteiger partial charge in [-0.3, -0.25) is 4.79 Å². The highest BCUT2D eigenvalue weighted by molar-refractivity contribution is 7.99. The smallest absolute Gasteiger partial charge is 0.253 e. The molecule has 0 fully saturated rings. The van der Waals surface area contributed by atoms with E-state index in [1.165, 1.54) is 23.9 Å². The molecule has 2 N–H and O–H groups in total. The quantitative estimate of drug-likeness (QED) is 0.639. The van der Waals surface area contributed by atoms with E-state index in [9.17, 15) is 13.2 Å². The first-order valence-electron chi connectivity index (χ1n) is 8.11. The maximum absolute atomic E-state index is 12.8. The molecule has 0 aliphatic carbocycles. The molecular formula is C16H16N6O3S2. The summed E-state index contributed by atoms with van der Waals surface area (Å²) in [5.41, 5.74) is 1.51. The Bertz CT molecular complexity index is 1110. The Kier molecular flexibility index (Phi) is 4.36. The van der Waals surface area contributed by atoms with E-state index >= 15 is 0 Å². The number of primary sulfonamides is 1. The topological polar surface area (TPSA) is 124 Å². The van der Waals surface area contributed by atoms with Crippen LogP contribution in [0.4, 0.5) is 5.69 Å². The molecule has 0 spiro atoms. The molecule has 2 aromatic heterocycles. The zero-order valence-electron chi connectivity index (χ0n) is 14.3. The number of benzene rings is 1. The highest BCUT2D eigenvalue weighted by Crippen LogP contribution is 2.34. The van der Waals surface area contributed by atoms with E-state index in [2.05, 4.69) is 15.1 Å². The molecule has 11 heteroatoms. The van der Waals surface area contributed by atoms with Crippen molar-refractivity contribution < 1.29 is 13.2 Å². The Morgan fingerprint density at radius 1 is 1.41 bits per heavy atom. The first-order chi connectivity index (χ1) is 12.8. The van der Waals surface area contributed by atoms with Crippen LogP contribution in [-0.2, 0) is 21.2 Å². The first kappa shape index (κ1) is 17.9. The summed E-state index contributed by atoms with van der Waals surface area (Å²) in [6, 6.07) is 6.28. The van der Waals surface area contributed by atoms with Crippen molar-refractivity contribution in [3.05, 3.63) is 42.2 Å². The number of aromatic nitrogens is 4. The third-order valence-corrected chi connectivity index (χ3v) is 6.02. The van der Waals surface area contributed by atoms with Gasteiger partial charge in [0.05, 0.1) is 10.6 Å². The number of nitrogens with two attached hydrogens (primary N) is 1. The minimum Gasteiger partial charge on any atom is -0.308 e. The lowest BCUT2D eigenvalue weighted by Crippen LogP contribution is -2.37. The Morgan fingerprint density at radius 3 is 2.96 bits per heavy atom. The fourth-order valence-electron chi connectivity index (χ4n) is 3.14. The molecule has 0 bridgehead atoms. The summed E-state index contributed by atoms with van der Waals surface area (Å²) < 4.78 is 24.6. The van der Waals surface area contributed by atoms with Gasteiger partial charge >= 0.3 is 0 Å². The second-order valence-corrected chi connectivity index (χ2v) is 8.70. The van der Waals surface area contributed by atoms with Crippen LogP contribution < -0.4 is 10.0 Å². The lowest BCUT2D eigenvalue weighted by atomic mass is 10.1. The molecule has 1 unspecified atom stereocenters. The van der Waals surface area contributed by atoms with Crippen molar-refractivity contribution in [2.24, 2.45) is 5.14 Å². The van der Waals surface area contributed by atoms with E-state index in [1.807, 2.05) is 6.92 Å². The van der Waals surface area contributed by atoms with Crippen LogP contribution in [0.2, 0.25) is 0 Å². The average molecular weight is 404 g/mol. The van der Waals surface area contributed by atoms with Crippen molar-refractivity contribution in [1.29, 1.82) is 0 Å². The van der Waals surface area contributed by atoms with E-state index in [0.717, 1.165) is 5.56 Å². The predicted molar refractivity (Wildman–Crippen MR) is 100.0 cm³/mol. The number of carbonyl (C=O) groups is 1. The first-order valence-corrected chi connectivity index (χ1v) is 10.6. The number of carbonyl (C=O) groups excluding carboxylic acids is 1. The second-order valence-electron chi connectivity index (χ2n) is 6.20. The number of fused-ring (bicyclic) bond motifs is 2. The van der Waals surface area contributed by atoms with Crippen LogP contribution >= 0.6 is 11.8 Å². The van der Waals surface area contributed by atoms with Crippen LogP contribution in [0.5, 0.6) is 0 Å². The minimum absolute atomic E-state index is 0.0542. The molecule has 0 saturated heterocycles. The number of nitrogens with zero attached hydrogens (tertiary/aromatic N) is 5. The highest BCUT2D eigenvalue weighted by atomic mass is 32.2. The largest absolute Gasteiger partial charge is 0.308 e. The van der Waals surface area contributed by atoms with Crippen LogP contribution in [0.3, 0.4) is 0 Å². The lowest BCUT2D eigenvalue weighted by Gasteiger charge is -2.22. The van der Waals surface area contributed by atoms with Crippen molar-refractivity contribution in [1.82, 2.24) is 19.6 Å². The van der Waals surface area contributed by atoms with Crippen LogP contribution in [0, 0.1) is 0 Å². The molecule has 1 aliphatic heterocycles. The van der Waals surface area contributed by atoms with Gasteiger partial charge in [-0.25, -0.2) is 23.1 Å². The van der Waals surface area contributed by atoms with Gasteiger partial charge in [0.15, 0.2) is 0 Å². The van der Waals surface area contributed by atoms with Crippen molar-refractivity contribution >= 4 is 39.2 Å². The number of anilines is 1. The summed E-state index contributed by atoms with van der Waals surface area (Å²) in [7, 11) is -3.77. The van der Waals surface area contributed by atoms with Gasteiger partial charge < -0.3 is 4.90 Å². The van der Waals surface area contributed by atoms with Gasteiger partial charge in [0.2, 0.25) is 21.1 Å². The summed E-state index contributed by atoms with van der Waals surface area (Å²) in [6.45, 7) is 1.92. The fourth-order valence-corrected chi connectivity index (χ4v) is 4.38. The SMILES string of the molecule is CC1Cc2cc(S(N)(=O)=O)ccc2N1C(=O)CSc1nc2ncccn2n1. The van der Waals surface area contributed by atoms with E-state index in [0.29, 0.717) is 23.0 Å². The zero-order valence-corrected chi connectivity index (χ0v) is 15.9. The monoisotopic (exact) mass is 404 g/mol. The molecule has 140 valence electrons. The lowest BCUT2D eigenvalue weighted by molar-refractivity contribution is -0.116. The summed E-state index contributed by atoms with van der Waals surface area (Å²) >= 11 is 1.24. The van der Waals surface area contributed by atoms with Crippen molar-refractivity contribution in [2.75, 3.05) is 10.7 Å². The van der Waals surface area contributed by atoms with Crippen molar-refractivity contribution in [3.63, 3.8) is 0 Å². The number of rotatable bonds is 4. The van der Waals surface area contributed by atoms with E-state index < -0.39 is 10.0 Å². The van der Waals surface area contributed by atoms with E-state index in [4.69, 9.17) is 5.14 Å². The molecule has 1 amide bonds. The number of thioether (sulfide) groups is 1. The van der Waals surface area contributed by atoms with Crippen LogP contribution in [0.25, 0.3) is 5.78 Å². The molecule has 0 radical (unpaired) electrons. The van der Waals surface area contributed by atoms with E-state index in [-0.39, 0.29) is 22.6 Å². The minimum atomic E-state index is -3.77. The molecule has 3 aromatic rings. The Balaban J connectivity index is 1.52. The summed E-state index contributed by atoms with van der Waals surface area (Å²) in [5.74, 6) is 0.543. The molecule has 4 rings (SSSR count). The average Bonchev–Trinajstić information content (AvgIpc) is 3.17. The highest BCUT2D eigenvalue weighted by Gasteiger charge is 2.31. The molecule has 1 atom stereocenters. The number of hydrogen-bond donors (Lipinski definition) is 1. The van der Waals surface area contributed by atoms with Gasteiger partial charge in [0.1, 0.15) is 0 Å². The summed E-state index contributed by atoms with van der Waals surface area (Å²) in [5, 5.41) is 9.93. The normalized spacial score (nSPS) is 16.7. The molecule has 0 saturated carbocycles. The van der Waals surface area contributed by atoms with Gasteiger partial charge in [-0.05, 0) is 43.2 Å². The van der Waals surface area contributed by atoms with Crippen LogP contribution in [0.15, 0.2) is 46.7 Å². The Labute approximate surface area is 159 Å². The van der Waals surface area contributed by atoms with Gasteiger partial charge in [-0.15, -0.1) is 5.10 Å². The molecule has 27 heavy (non-hydrogen) atoms. The number of amides is 1. The van der Waals surface area contributed by atoms with Crippen molar-refractivity contribution in [2.45, 2.75) is 29.4 Å². The predicted octanol–water partition coefficient (Wildman–Crippen LogP) is 0.842. The third-order valence-electron chi connectivity index (χ3n) is 4.29. The van der Waals surface area contributed by atoms with Gasteiger partial charge in [-0.2, -0.15) is 4.98 Å². The Hall–Kier alpha value is -2.50. The third kappa shape index (κ3) is 3.40. The van der Waals surface area contributed by atoms with E-state index in [1.54, 1.807) is 33.9 Å². The standard InChI is InChI=1S/C16H16N6O3S2/c1-10-7-11-8-12(27(17,24)25)3-4-13(11)22(10)14(23)9-26-16-19-15-18-5-2-6-21(15)20-16/h2-6,8,10H,7,9H2,1H3,(H2,17,24,25). The maximum atomic E-state index is 12.8. The van der Waals surface area contributed by atoms with Gasteiger partial charge in [0.25, 0.3) is 5.78 Å². The molecule has 9 nitrogen and oxygen atoms in total. The Morgan fingerprint density at radius 2 is 2.22 bits per heavy atom. The molecule has 3 heterocycles. The summed E-state index contributed by atoms with van der Waals surface area (Å²) in [6.07, 6.45) is 3.94. The summed E-state index contributed by atoms with van der Waals surface area (Å²) in [4.78, 5) is 22.9. The molecule has 1 aliphatic rings. The van der Waals surface area contributed by atoms with Crippen LogP contribution in [0.1, 0.15) is 12.5 Å². The molecular weight excluding hydrogens is 388 g/mol. The zero-order chi connectivity index (χ0) is 19.2. The maximum Gasteiger partial charge on any atom is 0.253 e. The van der Waals surface area contributed by atoms with Crippen molar-refractivity contribution in [3.8, 4) is 0 Å². The van der Waals surface area contributed by atoms with Gasteiger partial charge in [-0.1, -0.05) is 11.8 Å². The second kappa shape index (κ2) is 6.59. The fraction of sp³-hybridized carbons (Fsp3) is 0.250. The molecule has 1 aromatic carbocycles. The number of hydrogen-bond acceptors (Lipinski definition) is 7. The van der Waals surface area contributed by atoms with Crippen LogP contribution in [-0.4, -0.2) is 45.7 Å². The van der Waals surface area contributed by atoms with Gasteiger partial charge in [0, 0.05) is 24.1 Å². The number of sulfonamides is 1.